The smallest absolute Gasteiger partial charge is 0.134 e. The quantitative estimate of drug-likeness (QED) is 0.446. The molecule has 0 radical (unpaired) electrons. The molecule has 18 heavy (non-hydrogen) atoms. The molecule has 0 saturated heterocycles. The second-order valence-corrected chi connectivity index (χ2v) is 5.13. The SMILES string of the molecule is c1cc2c(ccc3cc(-c4ccsc4)ccc32)o1. The lowest BCUT2D eigenvalue weighted by Crippen LogP contribution is -1.77. The first-order valence-electron chi connectivity index (χ1n) is 5.84. The van der Waals surface area contributed by atoms with Crippen molar-refractivity contribution in [3.05, 3.63) is 59.5 Å². The number of hydrogen-bond acceptors (Lipinski definition) is 2. The molecule has 4 rings (SSSR count). The Morgan fingerprint density at radius 3 is 2.72 bits per heavy atom. The molecule has 2 heterocycles. The van der Waals surface area contributed by atoms with Crippen molar-refractivity contribution in [3.63, 3.8) is 0 Å². The number of rotatable bonds is 1. The van der Waals surface area contributed by atoms with Crippen molar-refractivity contribution in [2.24, 2.45) is 0 Å². The van der Waals surface area contributed by atoms with E-state index in [0.29, 0.717) is 0 Å². The Hall–Kier alpha value is -2.06. The van der Waals surface area contributed by atoms with E-state index in [1.54, 1.807) is 17.6 Å². The molecule has 0 aliphatic carbocycles. The highest BCUT2D eigenvalue weighted by Gasteiger charge is 2.04. The van der Waals surface area contributed by atoms with E-state index < -0.39 is 0 Å². The molecule has 4 aromatic rings. The van der Waals surface area contributed by atoms with Crippen LogP contribution in [0.25, 0.3) is 32.9 Å². The van der Waals surface area contributed by atoms with Gasteiger partial charge in [0, 0.05) is 5.39 Å². The minimum absolute atomic E-state index is 0.950. The van der Waals surface area contributed by atoms with Gasteiger partial charge in [0.1, 0.15) is 5.58 Å². The molecule has 0 amide bonds. The van der Waals surface area contributed by atoms with Gasteiger partial charge in [-0.15, -0.1) is 0 Å². The standard InChI is InChI=1S/C16H10OS/c1-3-14-12(2-4-16-15(14)5-7-17-16)9-11(1)13-6-8-18-10-13/h1-10H. The normalized spacial score (nSPS) is 11.3. The minimum Gasteiger partial charge on any atom is -0.464 e. The summed E-state index contributed by atoms with van der Waals surface area (Å²) in [6.45, 7) is 0. The monoisotopic (exact) mass is 250 g/mol. The van der Waals surface area contributed by atoms with Crippen LogP contribution in [-0.2, 0) is 0 Å². The maximum atomic E-state index is 5.43. The van der Waals surface area contributed by atoms with Crippen molar-refractivity contribution < 1.29 is 4.42 Å². The molecule has 0 atom stereocenters. The van der Waals surface area contributed by atoms with Crippen LogP contribution in [0.15, 0.2) is 63.9 Å². The fraction of sp³-hybridized carbons (Fsp3) is 0. The van der Waals surface area contributed by atoms with Crippen LogP contribution in [0.4, 0.5) is 0 Å². The summed E-state index contributed by atoms with van der Waals surface area (Å²) in [7, 11) is 0. The number of furan rings is 1. The molecule has 2 aromatic heterocycles. The Balaban J connectivity index is 2.03. The van der Waals surface area contributed by atoms with Crippen molar-refractivity contribution in [3.8, 4) is 11.1 Å². The summed E-state index contributed by atoms with van der Waals surface area (Å²) in [5.74, 6) is 0. The average molecular weight is 250 g/mol. The molecule has 2 heteroatoms. The molecule has 0 unspecified atom stereocenters. The maximum absolute atomic E-state index is 5.43. The van der Waals surface area contributed by atoms with Crippen molar-refractivity contribution in [1.82, 2.24) is 0 Å². The van der Waals surface area contributed by atoms with Gasteiger partial charge in [0.2, 0.25) is 0 Å². The largest absolute Gasteiger partial charge is 0.464 e. The van der Waals surface area contributed by atoms with Crippen LogP contribution in [0.3, 0.4) is 0 Å². The zero-order chi connectivity index (χ0) is 11.9. The first-order chi connectivity index (χ1) is 8.92. The van der Waals surface area contributed by atoms with E-state index >= 15 is 0 Å². The molecule has 0 fully saturated rings. The Morgan fingerprint density at radius 1 is 0.833 bits per heavy atom. The molecular formula is C16H10OS. The van der Waals surface area contributed by atoms with Crippen molar-refractivity contribution in [2.45, 2.75) is 0 Å². The number of thiophene rings is 1. The highest BCUT2D eigenvalue weighted by molar-refractivity contribution is 7.08. The van der Waals surface area contributed by atoms with Crippen LogP contribution >= 0.6 is 11.3 Å². The predicted molar refractivity (Wildman–Crippen MR) is 77.0 cm³/mol. The van der Waals surface area contributed by atoms with E-state index in [1.807, 2.05) is 12.1 Å². The number of fused-ring (bicyclic) bond motifs is 3. The molecule has 0 bridgehead atoms. The second kappa shape index (κ2) is 3.72. The van der Waals surface area contributed by atoms with Crippen molar-refractivity contribution >= 4 is 33.1 Å². The van der Waals surface area contributed by atoms with E-state index in [9.17, 15) is 0 Å². The fourth-order valence-electron chi connectivity index (χ4n) is 2.39. The Labute approximate surface area is 108 Å². The summed E-state index contributed by atoms with van der Waals surface area (Å²) in [5.41, 5.74) is 3.51. The minimum atomic E-state index is 0.950. The summed E-state index contributed by atoms with van der Waals surface area (Å²) in [5, 5.41) is 7.98. The molecular weight excluding hydrogens is 240 g/mol. The van der Waals surface area contributed by atoms with E-state index in [-0.39, 0.29) is 0 Å². The average Bonchev–Trinajstić information content (AvgIpc) is 3.09. The molecule has 1 nitrogen and oxygen atoms in total. The third-order valence-electron chi connectivity index (χ3n) is 3.31. The summed E-state index contributed by atoms with van der Waals surface area (Å²) in [6.07, 6.45) is 1.75. The summed E-state index contributed by atoms with van der Waals surface area (Å²) in [6, 6.07) is 14.9. The van der Waals surface area contributed by atoms with Crippen LogP contribution in [0, 0.1) is 0 Å². The van der Waals surface area contributed by atoms with E-state index in [4.69, 9.17) is 4.42 Å². The number of benzene rings is 2. The van der Waals surface area contributed by atoms with Gasteiger partial charge in [0.05, 0.1) is 6.26 Å². The first-order valence-corrected chi connectivity index (χ1v) is 6.79. The van der Waals surface area contributed by atoms with Crippen molar-refractivity contribution in [2.75, 3.05) is 0 Å². The van der Waals surface area contributed by atoms with E-state index in [1.165, 1.54) is 27.3 Å². The van der Waals surface area contributed by atoms with Gasteiger partial charge in [-0.3, -0.25) is 0 Å². The number of hydrogen-bond donors (Lipinski definition) is 0. The van der Waals surface area contributed by atoms with Gasteiger partial charge in [-0.1, -0.05) is 18.2 Å². The van der Waals surface area contributed by atoms with Gasteiger partial charge < -0.3 is 4.42 Å². The van der Waals surface area contributed by atoms with Crippen LogP contribution in [0.5, 0.6) is 0 Å². The van der Waals surface area contributed by atoms with Crippen LogP contribution in [-0.4, -0.2) is 0 Å². The molecule has 2 aromatic carbocycles. The summed E-state index contributed by atoms with van der Waals surface area (Å²) >= 11 is 1.73. The van der Waals surface area contributed by atoms with Crippen LogP contribution in [0.2, 0.25) is 0 Å². The lowest BCUT2D eigenvalue weighted by molar-refractivity contribution is 0.616. The lowest BCUT2D eigenvalue weighted by atomic mass is 10.0. The van der Waals surface area contributed by atoms with Crippen LogP contribution < -0.4 is 0 Å². The maximum Gasteiger partial charge on any atom is 0.134 e. The Morgan fingerprint density at radius 2 is 1.83 bits per heavy atom. The molecule has 0 aliphatic rings. The van der Waals surface area contributed by atoms with Gasteiger partial charge in [-0.25, -0.2) is 0 Å². The highest BCUT2D eigenvalue weighted by Crippen LogP contribution is 2.30. The van der Waals surface area contributed by atoms with Gasteiger partial charge in [0.25, 0.3) is 0 Å². The van der Waals surface area contributed by atoms with E-state index in [2.05, 4.69) is 41.1 Å². The lowest BCUT2D eigenvalue weighted by Gasteiger charge is -2.03. The summed E-state index contributed by atoms with van der Waals surface area (Å²) in [4.78, 5) is 0. The Bertz CT molecular complexity index is 825. The third-order valence-corrected chi connectivity index (χ3v) is 3.99. The molecule has 0 spiro atoms. The molecule has 0 aliphatic heterocycles. The zero-order valence-electron chi connectivity index (χ0n) is 9.59. The first kappa shape index (κ1) is 9.92. The second-order valence-electron chi connectivity index (χ2n) is 4.35. The third kappa shape index (κ3) is 1.39. The topological polar surface area (TPSA) is 13.1 Å². The molecule has 0 N–H and O–H groups in total. The Kier molecular flexibility index (Phi) is 2.05. The van der Waals surface area contributed by atoms with Gasteiger partial charge in [-0.2, -0.15) is 11.3 Å². The summed E-state index contributed by atoms with van der Waals surface area (Å²) < 4.78 is 5.43. The highest BCUT2D eigenvalue weighted by atomic mass is 32.1. The van der Waals surface area contributed by atoms with Crippen LogP contribution in [0.1, 0.15) is 0 Å². The van der Waals surface area contributed by atoms with Gasteiger partial charge in [-0.05, 0) is 56.9 Å². The predicted octanol–water partition coefficient (Wildman–Crippen LogP) is 5.31. The van der Waals surface area contributed by atoms with Crippen molar-refractivity contribution in [1.29, 1.82) is 0 Å². The fourth-order valence-corrected chi connectivity index (χ4v) is 3.06. The van der Waals surface area contributed by atoms with E-state index in [0.717, 1.165) is 5.58 Å². The zero-order valence-corrected chi connectivity index (χ0v) is 10.4. The van der Waals surface area contributed by atoms with Gasteiger partial charge >= 0.3 is 0 Å². The molecule has 0 saturated carbocycles. The van der Waals surface area contributed by atoms with Gasteiger partial charge in [0.15, 0.2) is 0 Å². The molecule has 86 valence electrons.